The fourth-order valence-electron chi connectivity index (χ4n) is 2.64. The molecular weight excluding hydrogens is 362 g/mol. The summed E-state index contributed by atoms with van der Waals surface area (Å²) in [6.45, 7) is 0.663. The Hall–Kier alpha value is -1.61. The van der Waals surface area contributed by atoms with E-state index < -0.39 is 11.8 Å². The van der Waals surface area contributed by atoms with Gasteiger partial charge in [-0.1, -0.05) is 0 Å². The molecule has 0 spiro atoms. The van der Waals surface area contributed by atoms with Crippen LogP contribution in [0.2, 0.25) is 0 Å². The number of amides is 1. The van der Waals surface area contributed by atoms with Crippen LogP contribution in [0.15, 0.2) is 19.4 Å². The minimum atomic E-state index is -0.965. The number of piperidine rings is 1. The first-order valence-corrected chi connectivity index (χ1v) is 8.00. The summed E-state index contributed by atoms with van der Waals surface area (Å²) < 4.78 is 2.51. The van der Waals surface area contributed by atoms with Crippen molar-refractivity contribution in [2.24, 2.45) is 0 Å². The smallest absolute Gasteiger partial charge is 0.407 e. The normalized spacial score (nSPS) is 16.5. The van der Waals surface area contributed by atoms with Gasteiger partial charge in [-0.15, -0.1) is 11.3 Å². The highest BCUT2D eigenvalue weighted by atomic mass is 79.9. The van der Waals surface area contributed by atoms with Gasteiger partial charge < -0.3 is 15.0 Å². The molecule has 0 aromatic carbocycles. The van der Waals surface area contributed by atoms with Crippen LogP contribution < -0.4 is 11.2 Å². The second-order valence-electron chi connectivity index (χ2n) is 4.90. The fraction of sp³-hybridized carbons (Fsp3) is 0.417. The van der Waals surface area contributed by atoms with Crippen LogP contribution in [0.3, 0.4) is 0 Å². The maximum atomic E-state index is 12.5. The van der Waals surface area contributed by atoms with E-state index >= 15 is 0 Å². The number of hydrogen-bond acceptors (Lipinski definition) is 4. The molecule has 1 amide bonds. The average molecular weight is 374 g/mol. The molecule has 3 heterocycles. The molecular formula is C12H12BrN3O4S. The summed E-state index contributed by atoms with van der Waals surface area (Å²) in [5.74, 6) is 0. The topological polar surface area (TPSA) is 95.4 Å². The van der Waals surface area contributed by atoms with E-state index in [-0.39, 0.29) is 11.6 Å². The molecule has 0 aliphatic carbocycles. The Bertz CT molecular complexity index is 816. The minimum absolute atomic E-state index is 0.262. The molecule has 1 saturated heterocycles. The SMILES string of the molecule is O=C(O)N1CCC(n2c(=O)[nH]c3cc(Br)sc3c2=O)CC1. The van der Waals surface area contributed by atoms with Crippen molar-refractivity contribution in [3.63, 3.8) is 0 Å². The van der Waals surface area contributed by atoms with Gasteiger partial charge in [0.15, 0.2) is 0 Å². The molecule has 2 aromatic heterocycles. The number of nitrogens with zero attached hydrogens (tertiary/aromatic N) is 2. The van der Waals surface area contributed by atoms with Gasteiger partial charge in [-0.3, -0.25) is 9.36 Å². The number of fused-ring (bicyclic) bond motifs is 1. The quantitative estimate of drug-likeness (QED) is 0.796. The van der Waals surface area contributed by atoms with Crippen LogP contribution in [-0.2, 0) is 0 Å². The number of halogens is 1. The summed E-state index contributed by atoms with van der Waals surface area (Å²) in [5.41, 5.74) is -0.217. The van der Waals surface area contributed by atoms with Gasteiger partial charge in [0.1, 0.15) is 4.70 Å². The Morgan fingerprint density at radius 2 is 2.05 bits per heavy atom. The van der Waals surface area contributed by atoms with Gasteiger partial charge in [0.25, 0.3) is 5.56 Å². The number of nitrogens with one attached hydrogen (secondary N) is 1. The molecule has 7 nitrogen and oxygen atoms in total. The largest absolute Gasteiger partial charge is 0.465 e. The van der Waals surface area contributed by atoms with Gasteiger partial charge in [0.05, 0.1) is 9.30 Å². The number of carboxylic acid groups (broad SMARTS) is 1. The van der Waals surface area contributed by atoms with Crippen LogP contribution in [0.25, 0.3) is 10.2 Å². The highest BCUT2D eigenvalue weighted by Gasteiger charge is 2.26. The third kappa shape index (κ3) is 2.51. The van der Waals surface area contributed by atoms with Crippen molar-refractivity contribution in [2.75, 3.05) is 13.1 Å². The third-order valence-electron chi connectivity index (χ3n) is 3.68. The Kier molecular flexibility index (Phi) is 3.62. The molecule has 3 rings (SSSR count). The zero-order valence-corrected chi connectivity index (χ0v) is 13.2. The Morgan fingerprint density at radius 3 is 2.67 bits per heavy atom. The summed E-state index contributed by atoms with van der Waals surface area (Å²) in [6, 6.07) is 1.45. The van der Waals surface area contributed by atoms with E-state index in [4.69, 9.17) is 5.11 Å². The Balaban J connectivity index is 2.00. The van der Waals surface area contributed by atoms with Gasteiger partial charge >= 0.3 is 11.8 Å². The van der Waals surface area contributed by atoms with E-state index in [1.54, 1.807) is 6.07 Å². The molecule has 0 saturated carbocycles. The Labute approximate surface area is 130 Å². The van der Waals surface area contributed by atoms with E-state index in [2.05, 4.69) is 20.9 Å². The van der Waals surface area contributed by atoms with E-state index in [1.165, 1.54) is 20.8 Å². The van der Waals surface area contributed by atoms with Crippen LogP contribution in [0, 0.1) is 0 Å². The first kappa shape index (κ1) is 14.3. The number of likely N-dealkylation sites (tertiary alicyclic amines) is 1. The monoisotopic (exact) mass is 373 g/mol. The zero-order valence-electron chi connectivity index (χ0n) is 10.8. The summed E-state index contributed by atoms with van der Waals surface area (Å²) in [5, 5.41) is 8.93. The molecule has 0 bridgehead atoms. The number of aromatic amines is 1. The number of H-pyrrole nitrogens is 1. The summed E-state index contributed by atoms with van der Waals surface area (Å²) >= 11 is 4.58. The van der Waals surface area contributed by atoms with Crippen LogP contribution in [0.4, 0.5) is 4.79 Å². The molecule has 9 heteroatoms. The molecule has 1 fully saturated rings. The molecule has 2 aromatic rings. The van der Waals surface area contributed by atoms with Gasteiger partial charge in [0.2, 0.25) is 0 Å². The van der Waals surface area contributed by atoms with Crippen molar-refractivity contribution in [2.45, 2.75) is 18.9 Å². The number of rotatable bonds is 1. The van der Waals surface area contributed by atoms with Crippen molar-refractivity contribution in [1.82, 2.24) is 14.5 Å². The molecule has 21 heavy (non-hydrogen) atoms. The van der Waals surface area contributed by atoms with Gasteiger partial charge in [0, 0.05) is 19.1 Å². The van der Waals surface area contributed by atoms with Crippen molar-refractivity contribution in [3.8, 4) is 0 Å². The lowest BCUT2D eigenvalue weighted by Crippen LogP contribution is -2.44. The van der Waals surface area contributed by atoms with E-state index in [9.17, 15) is 14.4 Å². The van der Waals surface area contributed by atoms with Crippen molar-refractivity contribution < 1.29 is 9.90 Å². The highest BCUT2D eigenvalue weighted by molar-refractivity contribution is 9.11. The second-order valence-corrected chi connectivity index (χ2v) is 7.33. The third-order valence-corrected chi connectivity index (χ3v) is 5.30. The molecule has 1 aliphatic rings. The minimum Gasteiger partial charge on any atom is -0.465 e. The molecule has 0 radical (unpaired) electrons. The van der Waals surface area contributed by atoms with E-state index in [1.807, 2.05) is 0 Å². The summed E-state index contributed by atoms with van der Waals surface area (Å²) in [4.78, 5) is 39.5. The number of aromatic nitrogens is 2. The van der Waals surface area contributed by atoms with Crippen LogP contribution in [-0.4, -0.2) is 38.7 Å². The maximum absolute atomic E-state index is 12.5. The lowest BCUT2D eigenvalue weighted by molar-refractivity contribution is 0.124. The van der Waals surface area contributed by atoms with Crippen molar-refractivity contribution >= 4 is 43.6 Å². The van der Waals surface area contributed by atoms with E-state index in [0.717, 1.165) is 3.79 Å². The van der Waals surface area contributed by atoms with Crippen LogP contribution in [0.5, 0.6) is 0 Å². The molecule has 112 valence electrons. The van der Waals surface area contributed by atoms with Crippen LogP contribution in [0.1, 0.15) is 18.9 Å². The summed E-state index contributed by atoms with van der Waals surface area (Å²) in [7, 11) is 0. The van der Waals surface area contributed by atoms with Gasteiger partial charge in [-0.2, -0.15) is 0 Å². The first-order valence-electron chi connectivity index (χ1n) is 6.39. The van der Waals surface area contributed by atoms with Gasteiger partial charge in [-0.05, 0) is 34.8 Å². The predicted octanol–water partition coefficient (Wildman–Crippen LogP) is 1.83. The molecule has 1 aliphatic heterocycles. The van der Waals surface area contributed by atoms with Gasteiger partial charge in [-0.25, -0.2) is 9.59 Å². The zero-order chi connectivity index (χ0) is 15.1. The molecule has 2 N–H and O–H groups in total. The van der Waals surface area contributed by atoms with E-state index in [0.29, 0.717) is 36.1 Å². The molecule has 0 atom stereocenters. The lowest BCUT2D eigenvalue weighted by Gasteiger charge is -2.30. The molecule has 0 unspecified atom stereocenters. The first-order chi connectivity index (χ1) is 9.97. The number of thiophene rings is 1. The predicted molar refractivity (Wildman–Crippen MR) is 82.3 cm³/mol. The van der Waals surface area contributed by atoms with Crippen molar-refractivity contribution in [1.29, 1.82) is 0 Å². The average Bonchev–Trinajstić information content (AvgIpc) is 2.80. The summed E-state index contributed by atoms with van der Waals surface area (Å²) in [6.07, 6.45) is -0.0342. The second kappa shape index (κ2) is 5.30. The maximum Gasteiger partial charge on any atom is 0.407 e. The number of hydrogen-bond donors (Lipinski definition) is 2. The Morgan fingerprint density at radius 1 is 1.38 bits per heavy atom. The highest BCUT2D eigenvalue weighted by Crippen LogP contribution is 2.26. The number of carbonyl (C=O) groups is 1. The fourth-order valence-corrected chi connectivity index (χ4v) is 4.13. The lowest BCUT2D eigenvalue weighted by atomic mass is 10.1. The standard InChI is InChI=1S/C12H12BrN3O4S/c13-8-5-7-9(21-8)10(17)16(11(18)14-7)6-1-3-15(4-2-6)12(19)20/h5-6H,1-4H2,(H,14,18)(H,19,20). The van der Waals surface area contributed by atoms with Crippen LogP contribution >= 0.6 is 27.3 Å². The van der Waals surface area contributed by atoms with Crippen molar-refractivity contribution in [3.05, 3.63) is 30.7 Å².